The van der Waals surface area contributed by atoms with Crippen molar-refractivity contribution in [3.63, 3.8) is 0 Å². The fraction of sp³-hybridized carbons (Fsp3) is 0.733. The van der Waals surface area contributed by atoms with E-state index in [0.717, 1.165) is 35.9 Å². The summed E-state index contributed by atoms with van der Waals surface area (Å²) in [5.41, 5.74) is 0.793. The van der Waals surface area contributed by atoms with Crippen molar-refractivity contribution in [2.75, 3.05) is 0 Å². The van der Waals surface area contributed by atoms with Crippen LogP contribution in [0.25, 0.3) is 0 Å². The average Bonchev–Trinajstić information content (AvgIpc) is 2.73. The number of thiazole rings is 1. The van der Waals surface area contributed by atoms with Crippen molar-refractivity contribution in [3.05, 3.63) is 15.6 Å². The van der Waals surface area contributed by atoms with Gasteiger partial charge >= 0.3 is 5.97 Å². The topological polar surface area (TPSA) is 50.2 Å². The first-order valence-corrected chi connectivity index (χ1v) is 8.02. The molecule has 2 rings (SSSR count). The van der Waals surface area contributed by atoms with Gasteiger partial charge in [-0.15, -0.1) is 11.3 Å². The lowest BCUT2D eigenvalue weighted by molar-refractivity contribution is 0.0700. The number of hydrogen-bond acceptors (Lipinski definition) is 3. The van der Waals surface area contributed by atoms with Gasteiger partial charge in [0.2, 0.25) is 0 Å². The molecule has 4 heteroatoms. The van der Waals surface area contributed by atoms with Gasteiger partial charge in [0.1, 0.15) is 4.88 Å². The predicted octanol–water partition coefficient (Wildman–Crippen LogP) is 4.33. The molecular formula is C15H23NO2S. The highest BCUT2D eigenvalue weighted by Gasteiger charge is 2.26. The molecule has 0 atom stereocenters. The summed E-state index contributed by atoms with van der Waals surface area (Å²) in [5, 5.41) is 10.4. The second-order valence-electron chi connectivity index (χ2n) is 6.19. The minimum Gasteiger partial charge on any atom is -0.477 e. The van der Waals surface area contributed by atoms with Crippen molar-refractivity contribution in [1.29, 1.82) is 0 Å². The van der Waals surface area contributed by atoms with Crippen LogP contribution in [0.1, 0.15) is 72.7 Å². The molecule has 1 N–H and O–H groups in total. The van der Waals surface area contributed by atoms with E-state index in [2.05, 4.69) is 25.8 Å². The molecule has 1 aromatic heterocycles. The summed E-state index contributed by atoms with van der Waals surface area (Å²) in [4.78, 5) is 16.4. The Hall–Kier alpha value is -0.900. The molecule has 1 aliphatic rings. The van der Waals surface area contributed by atoms with Gasteiger partial charge in [0.15, 0.2) is 0 Å². The fourth-order valence-corrected chi connectivity index (χ4v) is 3.85. The summed E-state index contributed by atoms with van der Waals surface area (Å²) in [6.07, 6.45) is 5.57. The number of rotatable bonds is 4. The van der Waals surface area contributed by atoms with Crippen LogP contribution in [0.15, 0.2) is 0 Å². The van der Waals surface area contributed by atoms with Gasteiger partial charge in [0, 0.05) is 5.92 Å². The van der Waals surface area contributed by atoms with Crippen LogP contribution in [0, 0.1) is 11.8 Å². The summed E-state index contributed by atoms with van der Waals surface area (Å²) >= 11 is 1.41. The Kier molecular flexibility index (Phi) is 4.61. The lowest BCUT2D eigenvalue weighted by atomic mass is 9.83. The molecule has 0 unspecified atom stereocenters. The maximum Gasteiger partial charge on any atom is 0.347 e. The van der Waals surface area contributed by atoms with Crippen LogP contribution in [0.4, 0.5) is 0 Å². The van der Waals surface area contributed by atoms with Crippen LogP contribution in [0.2, 0.25) is 0 Å². The lowest BCUT2D eigenvalue weighted by Crippen LogP contribution is -2.10. The summed E-state index contributed by atoms with van der Waals surface area (Å²) in [7, 11) is 0. The molecule has 0 amide bonds. The summed E-state index contributed by atoms with van der Waals surface area (Å²) < 4.78 is 0. The Bertz CT molecular complexity index is 445. The Balaban J connectivity index is 2.19. The zero-order valence-corrected chi connectivity index (χ0v) is 12.8. The van der Waals surface area contributed by atoms with Crippen molar-refractivity contribution in [1.82, 2.24) is 4.98 Å². The smallest absolute Gasteiger partial charge is 0.347 e. The average molecular weight is 281 g/mol. The van der Waals surface area contributed by atoms with Gasteiger partial charge in [-0.1, -0.05) is 33.6 Å². The van der Waals surface area contributed by atoms with Crippen LogP contribution in [-0.4, -0.2) is 16.1 Å². The molecule has 0 saturated heterocycles. The van der Waals surface area contributed by atoms with Crippen LogP contribution in [-0.2, 0) is 6.42 Å². The van der Waals surface area contributed by atoms with Crippen molar-refractivity contribution in [2.45, 2.75) is 58.8 Å². The molecule has 106 valence electrons. The molecule has 1 aliphatic carbocycles. The van der Waals surface area contributed by atoms with E-state index in [-0.39, 0.29) is 0 Å². The quantitative estimate of drug-likeness (QED) is 0.893. The third-order valence-electron chi connectivity index (χ3n) is 3.87. The number of nitrogens with zero attached hydrogens (tertiary/aromatic N) is 1. The fourth-order valence-electron chi connectivity index (χ4n) is 2.74. The summed E-state index contributed by atoms with van der Waals surface area (Å²) in [5.74, 6) is 0.925. The number of carboxylic acids is 1. The van der Waals surface area contributed by atoms with Gasteiger partial charge in [0.25, 0.3) is 0 Å². The molecule has 1 aromatic rings. The zero-order chi connectivity index (χ0) is 14.0. The highest BCUT2D eigenvalue weighted by molar-refractivity contribution is 7.13. The maximum atomic E-state index is 11.3. The van der Waals surface area contributed by atoms with Crippen LogP contribution >= 0.6 is 11.3 Å². The van der Waals surface area contributed by atoms with E-state index in [0.29, 0.717) is 16.7 Å². The molecule has 0 bridgehead atoms. The van der Waals surface area contributed by atoms with E-state index in [1.165, 1.54) is 24.2 Å². The standard InChI is InChI=1S/C15H23NO2S/c1-9(2)8-12-13(15(17)18)19-14(16-12)11-6-4-10(3)5-7-11/h9-11H,4-8H2,1-3H3,(H,17,18). The zero-order valence-electron chi connectivity index (χ0n) is 12.0. The highest BCUT2D eigenvalue weighted by atomic mass is 32.1. The van der Waals surface area contributed by atoms with Gasteiger partial charge in [-0.2, -0.15) is 0 Å². The minimum atomic E-state index is -0.816. The number of aromatic carboxylic acids is 1. The predicted molar refractivity (Wildman–Crippen MR) is 78.0 cm³/mol. The Morgan fingerprint density at radius 3 is 2.53 bits per heavy atom. The van der Waals surface area contributed by atoms with Crippen LogP contribution < -0.4 is 0 Å². The SMILES string of the molecule is CC(C)Cc1nc(C2CCC(C)CC2)sc1C(=O)O. The minimum absolute atomic E-state index is 0.444. The summed E-state index contributed by atoms with van der Waals surface area (Å²) in [6, 6.07) is 0. The van der Waals surface area contributed by atoms with E-state index in [1.54, 1.807) is 0 Å². The van der Waals surface area contributed by atoms with Crippen molar-refractivity contribution in [2.24, 2.45) is 11.8 Å². The van der Waals surface area contributed by atoms with Crippen molar-refractivity contribution in [3.8, 4) is 0 Å². The second kappa shape index (κ2) is 6.04. The number of carbonyl (C=O) groups is 1. The third kappa shape index (κ3) is 3.56. The van der Waals surface area contributed by atoms with Crippen molar-refractivity contribution < 1.29 is 9.90 Å². The van der Waals surface area contributed by atoms with E-state index < -0.39 is 5.97 Å². The highest BCUT2D eigenvalue weighted by Crippen LogP contribution is 2.38. The molecule has 0 aromatic carbocycles. The van der Waals surface area contributed by atoms with Gasteiger partial charge < -0.3 is 5.11 Å². The normalized spacial score (nSPS) is 23.8. The largest absolute Gasteiger partial charge is 0.477 e. The first-order valence-electron chi connectivity index (χ1n) is 7.20. The van der Waals surface area contributed by atoms with Gasteiger partial charge in [-0.25, -0.2) is 9.78 Å². The Morgan fingerprint density at radius 2 is 2.00 bits per heavy atom. The first kappa shape index (κ1) is 14.5. The molecular weight excluding hydrogens is 258 g/mol. The van der Waals surface area contributed by atoms with E-state index in [9.17, 15) is 9.90 Å². The van der Waals surface area contributed by atoms with E-state index in [1.807, 2.05) is 0 Å². The third-order valence-corrected chi connectivity index (χ3v) is 5.12. The monoisotopic (exact) mass is 281 g/mol. The van der Waals surface area contributed by atoms with Crippen LogP contribution in [0.5, 0.6) is 0 Å². The molecule has 19 heavy (non-hydrogen) atoms. The molecule has 0 radical (unpaired) electrons. The van der Waals surface area contributed by atoms with Gasteiger partial charge in [0.05, 0.1) is 10.7 Å². The van der Waals surface area contributed by atoms with Crippen molar-refractivity contribution >= 4 is 17.3 Å². The molecule has 0 aliphatic heterocycles. The van der Waals surface area contributed by atoms with Gasteiger partial charge in [-0.3, -0.25) is 0 Å². The maximum absolute atomic E-state index is 11.3. The summed E-state index contributed by atoms with van der Waals surface area (Å²) in [6.45, 7) is 6.50. The molecule has 1 saturated carbocycles. The Morgan fingerprint density at radius 1 is 1.37 bits per heavy atom. The van der Waals surface area contributed by atoms with E-state index >= 15 is 0 Å². The number of hydrogen-bond donors (Lipinski definition) is 1. The lowest BCUT2D eigenvalue weighted by Gasteiger charge is -2.24. The Labute approximate surface area is 119 Å². The molecule has 1 fully saturated rings. The van der Waals surface area contributed by atoms with E-state index in [4.69, 9.17) is 0 Å². The number of carboxylic acid groups (broad SMARTS) is 1. The molecule has 3 nitrogen and oxygen atoms in total. The molecule has 0 spiro atoms. The second-order valence-corrected chi connectivity index (χ2v) is 7.22. The molecule has 1 heterocycles. The van der Waals surface area contributed by atoms with Gasteiger partial charge in [-0.05, 0) is 31.1 Å². The first-order chi connectivity index (χ1) is 8.97. The van der Waals surface area contributed by atoms with Crippen LogP contribution in [0.3, 0.4) is 0 Å². The number of aromatic nitrogens is 1.